The van der Waals surface area contributed by atoms with Gasteiger partial charge >= 0.3 is 0 Å². The van der Waals surface area contributed by atoms with Gasteiger partial charge in [-0.25, -0.2) is 0 Å². The molecule has 1 atom stereocenters. The monoisotopic (exact) mass is 216 g/mol. The van der Waals surface area contributed by atoms with Gasteiger partial charge in [-0.1, -0.05) is 0 Å². The molecule has 1 fully saturated rings. The molecule has 0 spiro atoms. The van der Waals surface area contributed by atoms with Crippen molar-refractivity contribution in [2.75, 3.05) is 40.0 Å². The Morgan fingerprint density at radius 1 is 1.53 bits per heavy atom. The third-order valence-corrected chi connectivity index (χ3v) is 3.26. The van der Waals surface area contributed by atoms with Crippen LogP contribution in [0.15, 0.2) is 0 Å². The van der Waals surface area contributed by atoms with Crippen LogP contribution in [-0.4, -0.2) is 61.5 Å². The molecule has 0 amide bonds. The molecule has 0 aromatic heterocycles. The van der Waals surface area contributed by atoms with Gasteiger partial charge in [0.15, 0.2) is 0 Å². The first-order chi connectivity index (χ1) is 7.11. The maximum Gasteiger partial charge on any atom is 0.0599 e. The molecule has 2 N–H and O–H groups in total. The molecule has 15 heavy (non-hydrogen) atoms. The Hall–Kier alpha value is -0.160. The third kappa shape index (κ3) is 3.41. The second-order valence-electron chi connectivity index (χ2n) is 4.79. The van der Waals surface area contributed by atoms with Crippen molar-refractivity contribution in [2.24, 2.45) is 0 Å². The zero-order valence-electron chi connectivity index (χ0n) is 10.1. The van der Waals surface area contributed by atoms with E-state index in [1.807, 2.05) is 0 Å². The Morgan fingerprint density at radius 2 is 2.27 bits per heavy atom. The molecule has 0 aromatic rings. The number of ether oxygens (including phenoxy) is 1. The van der Waals surface area contributed by atoms with Crippen LogP contribution in [0.1, 0.15) is 20.3 Å². The third-order valence-electron chi connectivity index (χ3n) is 3.26. The fourth-order valence-electron chi connectivity index (χ4n) is 2.25. The first-order valence-corrected chi connectivity index (χ1v) is 5.69. The smallest absolute Gasteiger partial charge is 0.0599 e. The lowest BCUT2D eigenvalue weighted by atomic mass is 9.97. The van der Waals surface area contributed by atoms with Gasteiger partial charge in [0.05, 0.1) is 13.2 Å². The second kappa shape index (κ2) is 5.80. The lowest BCUT2D eigenvalue weighted by Gasteiger charge is -2.41. The van der Waals surface area contributed by atoms with Crippen LogP contribution >= 0.6 is 0 Å². The standard InChI is InChI=1S/C11H24N2O2/c1-11(2)4-5-12-8-10(9-14)13(11)6-7-15-3/h10,12,14H,4-9H2,1-3H3. The molecule has 0 radical (unpaired) electrons. The van der Waals surface area contributed by atoms with Gasteiger partial charge < -0.3 is 15.2 Å². The van der Waals surface area contributed by atoms with Gasteiger partial charge in [-0.05, 0) is 26.8 Å². The van der Waals surface area contributed by atoms with E-state index >= 15 is 0 Å². The van der Waals surface area contributed by atoms with E-state index < -0.39 is 0 Å². The molecule has 1 heterocycles. The highest BCUT2D eigenvalue weighted by Crippen LogP contribution is 2.22. The van der Waals surface area contributed by atoms with Crippen molar-refractivity contribution in [3.63, 3.8) is 0 Å². The molecule has 1 rings (SSSR count). The second-order valence-corrected chi connectivity index (χ2v) is 4.79. The van der Waals surface area contributed by atoms with E-state index in [1.54, 1.807) is 7.11 Å². The normalized spacial score (nSPS) is 27.6. The van der Waals surface area contributed by atoms with E-state index in [1.165, 1.54) is 0 Å². The molecular weight excluding hydrogens is 192 g/mol. The van der Waals surface area contributed by atoms with Gasteiger partial charge in [-0.15, -0.1) is 0 Å². The number of rotatable bonds is 4. The molecule has 90 valence electrons. The molecular formula is C11H24N2O2. The predicted molar refractivity (Wildman–Crippen MR) is 61.0 cm³/mol. The Balaban J connectivity index is 2.68. The molecule has 4 heteroatoms. The lowest BCUT2D eigenvalue weighted by molar-refractivity contribution is 0.0233. The summed E-state index contributed by atoms with van der Waals surface area (Å²) in [6.07, 6.45) is 1.10. The molecule has 0 aliphatic carbocycles. The van der Waals surface area contributed by atoms with E-state index in [0.717, 1.165) is 32.7 Å². The van der Waals surface area contributed by atoms with Crippen LogP contribution in [0.25, 0.3) is 0 Å². The highest BCUT2D eigenvalue weighted by atomic mass is 16.5. The van der Waals surface area contributed by atoms with E-state index in [-0.39, 0.29) is 18.2 Å². The van der Waals surface area contributed by atoms with Gasteiger partial charge in [-0.2, -0.15) is 0 Å². The average Bonchev–Trinajstić information content (AvgIpc) is 2.34. The molecule has 1 aliphatic heterocycles. The van der Waals surface area contributed by atoms with Crippen molar-refractivity contribution in [3.05, 3.63) is 0 Å². The van der Waals surface area contributed by atoms with E-state index in [2.05, 4.69) is 24.1 Å². The molecule has 4 nitrogen and oxygen atoms in total. The molecule has 0 saturated carbocycles. The van der Waals surface area contributed by atoms with Gasteiger partial charge in [0.1, 0.15) is 0 Å². The molecule has 1 saturated heterocycles. The number of methoxy groups -OCH3 is 1. The van der Waals surface area contributed by atoms with Crippen LogP contribution in [0.4, 0.5) is 0 Å². The fourth-order valence-corrected chi connectivity index (χ4v) is 2.25. The van der Waals surface area contributed by atoms with E-state index in [0.29, 0.717) is 0 Å². The zero-order chi connectivity index (χ0) is 11.3. The van der Waals surface area contributed by atoms with Crippen LogP contribution in [0, 0.1) is 0 Å². The number of nitrogens with one attached hydrogen (secondary N) is 1. The number of hydrogen-bond donors (Lipinski definition) is 2. The summed E-state index contributed by atoms with van der Waals surface area (Å²) < 4.78 is 5.13. The topological polar surface area (TPSA) is 44.7 Å². The Labute approximate surface area is 92.6 Å². The molecule has 0 bridgehead atoms. The highest BCUT2D eigenvalue weighted by molar-refractivity contribution is 4.90. The number of aliphatic hydroxyl groups excluding tert-OH is 1. The lowest BCUT2D eigenvalue weighted by Crippen LogP contribution is -2.53. The first kappa shape index (κ1) is 12.9. The minimum Gasteiger partial charge on any atom is -0.395 e. The van der Waals surface area contributed by atoms with Gasteiger partial charge in [0, 0.05) is 31.8 Å². The van der Waals surface area contributed by atoms with Gasteiger partial charge in [-0.3, -0.25) is 4.90 Å². The molecule has 1 aliphatic rings. The number of hydrogen-bond acceptors (Lipinski definition) is 4. The maximum absolute atomic E-state index is 9.40. The van der Waals surface area contributed by atoms with Crippen molar-refractivity contribution >= 4 is 0 Å². The summed E-state index contributed by atoms with van der Waals surface area (Å²) in [6, 6.07) is 0.206. The Bertz CT molecular complexity index is 185. The predicted octanol–water partition coefficient (Wildman–Crippen LogP) is 0.0676. The fraction of sp³-hybridized carbons (Fsp3) is 1.00. The molecule has 1 unspecified atom stereocenters. The summed E-state index contributed by atoms with van der Waals surface area (Å²) in [6.45, 7) is 8.17. The highest BCUT2D eigenvalue weighted by Gasteiger charge is 2.33. The summed E-state index contributed by atoms with van der Waals surface area (Å²) >= 11 is 0. The van der Waals surface area contributed by atoms with Crippen molar-refractivity contribution in [1.82, 2.24) is 10.2 Å². The van der Waals surface area contributed by atoms with Crippen molar-refractivity contribution in [1.29, 1.82) is 0 Å². The van der Waals surface area contributed by atoms with E-state index in [4.69, 9.17) is 4.74 Å². The van der Waals surface area contributed by atoms with Crippen LogP contribution in [0.3, 0.4) is 0 Å². The first-order valence-electron chi connectivity index (χ1n) is 5.69. The minimum atomic E-state index is 0.134. The van der Waals surface area contributed by atoms with Gasteiger partial charge in [0.2, 0.25) is 0 Å². The van der Waals surface area contributed by atoms with E-state index in [9.17, 15) is 5.11 Å². The van der Waals surface area contributed by atoms with Crippen LogP contribution in [0.5, 0.6) is 0 Å². The quantitative estimate of drug-likeness (QED) is 0.698. The van der Waals surface area contributed by atoms with Crippen LogP contribution in [0.2, 0.25) is 0 Å². The van der Waals surface area contributed by atoms with Crippen LogP contribution < -0.4 is 5.32 Å². The van der Waals surface area contributed by atoms with Crippen LogP contribution in [-0.2, 0) is 4.74 Å². The SMILES string of the molecule is COCCN1C(CO)CNCCC1(C)C. The summed E-state index contributed by atoms with van der Waals surface area (Å²) in [4.78, 5) is 2.36. The summed E-state index contributed by atoms with van der Waals surface area (Å²) in [5.41, 5.74) is 0.134. The summed E-state index contributed by atoms with van der Waals surface area (Å²) in [5, 5.41) is 12.8. The number of nitrogens with zero attached hydrogens (tertiary/aromatic N) is 1. The van der Waals surface area contributed by atoms with Crippen molar-refractivity contribution < 1.29 is 9.84 Å². The Morgan fingerprint density at radius 3 is 2.87 bits per heavy atom. The van der Waals surface area contributed by atoms with Crippen molar-refractivity contribution in [3.8, 4) is 0 Å². The van der Waals surface area contributed by atoms with Crippen molar-refractivity contribution in [2.45, 2.75) is 31.8 Å². The molecule has 0 aromatic carbocycles. The summed E-state index contributed by atoms with van der Waals surface area (Å²) in [5.74, 6) is 0. The van der Waals surface area contributed by atoms with Gasteiger partial charge in [0.25, 0.3) is 0 Å². The Kier molecular flexibility index (Phi) is 4.99. The largest absolute Gasteiger partial charge is 0.395 e. The average molecular weight is 216 g/mol. The minimum absolute atomic E-state index is 0.134. The number of aliphatic hydroxyl groups is 1. The zero-order valence-corrected chi connectivity index (χ0v) is 10.1. The maximum atomic E-state index is 9.40. The summed E-state index contributed by atoms with van der Waals surface area (Å²) in [7, 11) is 1.72.